The summed E-state index contributed by atoms with van der Waals surface area (Å²) < 4.78 is 67.3. The fraction of sp³-hybridized carbons (Fsp3) is 0.500. The zero-order valence-corrected chi connectivity index (χ0v) is 10.2. The summed E-state index contributed by atoms with van der Waals surface area (Å²) in [4.78, 5) is 0. The summed E-state index contributed by atoms with van der Waals surface area (Å²) in [5, 5.41) is 9.15. The lowest BCUT2D eigenvalue weighted by Gasteiger charge is -2.25. The van der Waals surface area contributed by atoms with Crippen molar-refractivity contribution in [2.24, 2.45) is 0 Å². The molecule has 2 nitrogen and oxygen atoms in total. The van der Waals surface area contributed by atoms with Crippen molar-refractivity contribution < 1.29 is 31.8 Å². The molecule has 1 unspecified atom stereocenters. The average Bonchev–Trinajstić information content (AvgIpc) is 2.26. The Morgan fingerprint density at radius 3 is 1.84 bits per heavy atom. The third-order valence-electron chi connectivity index (χ3n) is 2.29. The van der Waals surface area contributed by atoms with E-state index in [1.54, 1.807) is 13.8 Å². The third kappa shape index (κ3) is 3.56. The van der Waals surface area contributed by atoms with Crippen LogP contribution in [0.4, 0.5) is 22.0 Å². The highest BCUT2D eigenvalue weighted by Gasteiger charge is 2.62. The molecule has 19 heavy (non-hydrogen) atoms. The first-order valence-corrected chi connectivity index (χ1v) is 5.45. The second kappa shape index (κ2) is 5.32. The van der Waals surface area contributed by atoms with E-state index in [1.165, 1.54) is 12.1 Å². The molecule has 0 amide bonds. The second-order valence-corrected chi connectivity index (χ2v) is 4.26. The molecule has 0 aromatic heterocycles. The quantitative estimate of drug-likeness (QED) is 0.854. The standard InChI is InChI=1S/C12H13F5O2/c1-7(2)19-9-5-3-8(4-6-9)10(18)11(13,14)12(15,16)17/h3-7,10,18H,1-2H3. The maximum Gasteiger partial charge on any atom is 0.456 e. The maximum atomic E-state index is 12.9. The molecule has 0 heterocycles. The van der Waals surface area contributed by atoms with Crippen LogP contribution in [0, 0.1) is 0 Å². The van der Waals surface area contributed by atoms with E-state index in [1.807, 2.05) is 0 Å². The topological polar surface area (TPSA) is 29.5 Å². The van der Waals surface area contributed by atoms with E-state index in [0.717, 1.165) is 12.1 Å². The smallest absolute Gasteiger partial charge is 0.456 e. The van der Waals surface area contributed by atoms with Gasteiger partial charge in [0, 0.05) is 0 Å². The number of rotatable bonds is 4. The molecular formula is C12H13F5O2. The van der Waals surface area contributed by atoms with E-state index < -0.39 is 23.8 Å². The van der Waals surface area contributed by atoms with Gasteiger partial charge in [-0.05, 0) is 31.5 Å². The molecule has 7 heteroatoms. The van der Waals surface area contributed by atoms with Gasteiger partial charge < -0.3 is 9.84 Å². The van der Waals surface area contributed by atoms with Crippen LogP contribution in [0.15, 0.2) is 24.3 Å². The molecule has 0 bridgehead atoms. The van der Waals surface area contributed by atoms with Crippen molar-refractivity contribution >= 4 is 0 Å². The van der Waals surface area contributed by atoms with E-state index in [-0.39, 0.29) is 6.10 Å². The number of ether oxygens (including phenoxy) is 1. The van der Waals surface area contributed by atoms with Gasteiger partial charge in [0.1, 0.15) is 5.75 Å². The van der Waals surface area contributed by atoms with Gasteiger partial charge in [-0.25, -0.2) is 0 Å². The summed E-state index contributed by atoms with van der Waals surface area (Å²) in [6.07, 6.45) is -8.91. The van der Waals surface area contributed by atoms with Crippen molar-refractivity contribution in [1.82, 2.24) is 0 Å². The predicted octanol–water partition coefficient (Wildman–Crippen LogP) is 3.70. The van der Waals surface area contributed by atoms with Gasteiger partial charge in [0.05, 0.1) is 6.10 Å². The Kier molecular flexibility index (Phi) is 4.39. The average molecular weight is 284 g/mol. The Morgan fingerprint density at radius 2 is 1.47 bits per heavy atom. The highest BCUT2D eigenvalue weighted by Crippen LogP contribution is 2.44. The number of aliphatic hydroxyl groups excluding tert-OH is 1. The first-order valence-electron chi connectivity index (χ1n) is 5.45. The minimum atomic E-state index is -5.81. The molecular weight excluding hydrogens is 271 g/mol. The van der Waals surface area contributed by atoms with Gasteiger partial charge in [0.15, 0.2) is 6.10 Å². The molecule has 0 aliphatic carbocycles. The lowest BCUT2D eigenvalue weighted by atomic mass is 10.0. The second-order valence-electron chi connectivity index (χ2n) is 4.26. The van der Waals surface area contributed by atoms with Crippen molar-refractivity contribution in [3.63, 3.8) is 0 Å². The van der Waals surface area contributed by atoms with E-state index in [0.29, 0.717) is 5.75 Å². The molecule has 0 saturated heterocycles. The first-order chi connectivity index (χ1) is 8.55. The van der Waals surface area contributed by atoms with E-state index in [4.69, 9.17) is 9.84 Å². The number of halogens is 5. The molecule has 1 rings (SSSR count). The molecule has 0 aliphatic heterocycles. The summed E-state index contributed by atoms with van der Waals surface area (Å²) in [6, 6.07) is 4.40. The molecule has 0 spiro atoms. The van der Waals surface area contributed by atoms with Gasteiger partial charge in [-0.1, -0.05) is 12.1 Å². The number of hydrogen-bond acceptors (Lipinski definition) is 2. The van der Waals surface area contributed by atoms with Gasteiger partial charge >= 0.3 is 12.1 Å². The van der Waals surface area contributed by atoms with E-state index in [2.05, 4.69) is 0 Å². The molecule has 108 valence electrons. The van der Waals surface area contributed by atoms with Crippen LogP contribution in [0.2, 0.25) is 0 Å². The zero-order valence-electron chi connectivity index (χ0n) is 10.2. The SMILES string of the molecule is CC(C)Oc1ccc(C(O)C(F)(F)C(F)(F)F)cc1. The fourth-order valence-corrected chi connectivity index (χ4v) is 1.37. The van der Waals surface area contributed by atoms with Crippen LogP contribution >= 0.6 is 0 Å². The number of hydrogen-bond donors (Lipinski definition) is 1. The Bertz CT molecular complexity index is 411. The van der Waals surface area contributed by atoms with Crippen LogP contribution < -0.4 is 4.74 Å². The van der Waals surface area contributed by atoms with E-state index in [9.17, 15) is 22.0 Å². The highest BCUT2D eigenvalue weighted by molar-refractivity contribution is 5.29. The summed E-state index contributed by atoms with van der Waals surface area (Å²) in [5.74, 6) is -4.88. The Labute approximate surface area is 106 Å². The molecule has 1 aromatic rings. The van der Waals surface area contributed by atoms with Gasteiger partial charge in [-0.15, -0.1) is 0 Å². The highest BCUT2D eigenvalue weighted by atomic mass is 19.4. The number of aliphatic hydroxyl groups is 1. The van der Waals surface area contributed by atoms with E-state index >= 15 is 0 Å². The van der Waals surface area contributed by atoms with Crippen molar-refractivity contribution in [2.45, 2.75) is 38.2 Å². The molecule has 1 atom stereocenters. The van der Waals surface area contributed by atoms with Crippen LogP contribution in [0.25, 0.3) is 0 Å². The summed E-state index contributed by atoms with van der Waals surface area (Å²) in [7, 11) is 0. The molecule has 0 radical (unpaired) electrons. The van der Waals surface area contributed by atoms with Gasteiger partial charge in [-0.2, -0.15) is 22.0 Å². The van der Waals surface area contributed by atoms with Crippen LogP contribution in [-0.4, -0.2) is 23.3 Å². The van der Waals surface area contributed by atoms with Gasteiger partial charge in [-0.3, -0.25) is 0 Å². The van der Waals surface area contributed by atoms with Crippen molar-refractivity contribution in [2.75, 3.05) is 0 Å². The largest absolute Gasteiger partial charge is 0.491 e. The Morgan fingerprint density at radius 1 is 1.00 bits per heavy atom. The van der Waals surface area contributed by atoms with Gasteiger partial charge in [0.25, 0.3) is 0 Å². The molecule has 0 saturated carbocycles. The molecule has 0 aliphatic rings. The molecule has 1 N–H and O–H groups in total. The van der Waals surface area contributed by atoms with Crippen molar-refractivity contribution in [3.05, 3.63) is 29.8 Å². The normalized spacial score (nSPS) is 14.6. The minimum absolute atomic E-state index is 0.160. The fourth-order valence-electron chi connectivity index (χ4n) is 1.37. The van der Waals surface area contributed by atoms with Gasteiger partial charge in [0.2, 0.25) is 0 Å². The third-order valence-corrected chi connectivity index (χ3v) is 2.29. The lowest BCUT2D eigenvalue weighted by Crippen LogP contribution is -2.42. The monoisotopic (exact) mass is 284 g/mol. The minimum Gasteiger partial charge on any atom is -0.491 e. The van der Waals surface area contributed by atoms with Crippen LogP contribution in [0.1, 0.15) is 25.5 Å². The van der Waals surface area contributed by atoms with Crippen molar-refractivity contribution in [1.29, 1.82) is 0 Å². The van der Waals surface area contributed by atoms with Crippen LogP contribution in [0.3, 0.4) is 0 Å². The molecule has 0 fully saturated rings. The predicted molar refractivity (Wildman–Crippen MR) is 58.2 cm³/mol. The van der Waals surface area contributed by atoms with Crippen LogP contribution in [0.5, 0.6) is 5.75 Å². The Balaban J connectivity index is 2.92. The zero-order chi connectivity index (χ0) is 14.8. The Hall–Kier alpha value is -1.37. The number of benzene rings is 1. The maximum absolute atomic E-state index is 12.9. The van der Waals surface area contributed by atoms with Crippen molar-refractivity contribution in [3.8, 4) is 5.75 Å². The summed E-state index contributed by atoms with van der Waals surface area (Å²) in [5.41, 5.74) is -0.529. The summed E-state index contributed by atoms with van der Waals surface area (Å²) >= 11 is 0. The number of alkyl halides is 5. The molecule has 1 aromatic carbocycles. The summed E-state index contributed by atoms with van der Waals surface area (Å²) in [6.45, 7) is 3.47. The van der Waals surface area contributed by atoms with Crippen LogP contribution in [-0.2, 0) is 0 Å². The lowest BCUT2D eigenvalue weighted by molar-refractivity contribution is -0.315. The first kappa shape index (κ1) is 15.7.